The van der Waals surface area contributed by atoms with E-state index in [1.54, 1.807) is 6.08 Å². The second-order valence-electron chi connectivity index (χ2n) is 9.95. The van der Waals surface area contributed by atoms with Gasteiger partial charge in [-0.2, -0.15) is 0 Å². The molecular formula is C22H40N4O10. The largest absolute Gasteiger partial charge is 0.467 e. The smallest absolute Gasteiger partial charge is 0.215 e. The zero-order chi connectivity index (χ0) is 26.5. The topological polar surface area (TPSA) is 231 Å². The van der Waals surface area contributed by atoms with Gasteiger partial charge in [0.15, 0.2) is 6.29 Å². The van der Waals surface area contributed by atoms with E-state index < -0.39 is 66.8 Å². The van der Waals surface area contributed by atoms with E-state index in [1.165, 1.54) is 6.92 Å². The van der Waals surface area contributed by atoms with Gasteiger partial charge < -0.3 is 66.6 Å². The third-order valence-corrected chi connectivity index (χ3v) is 6.53. The number of amides is 1. The van der Waals surface area contributed by atoms with Crippen molar-refractivity contribution in [3.05, 3.63) is 11.8 Å². The van der Waals surface area contributed by atoms with Crippen LogP contribution >= 0.6 is 0 Å². The molecule has 0 bridgehead atoms. The van der Waals surface area contributed by atoms with E-state index in [0.717, 1.165) is 0 Å². The van der Waals surface area contributed by atoms with Gasteiger partial charge in [0.1, 0.15) is 30.2 Å². The van der Waals surface area contributed by atoms with Crippen molar-refractivity contribution in [3.8, 4) is 0 Å². The van der Waals surface area contributed by atoms with Crippen LogP contribution in [0.2, 0.25) is 0 Å². The van der Waals surface area contributed by atoms with E-state index in [2.05, 4.69) is 10.6 Å². The molecule has 0 aromatic carbocycles. The number of nitrogens with one attached hydrogen (secondary N) is 2. The molecule has 2 unspecified atom stereocenters. The molecule has 208 valence electrons. The lowest BCUT2D eigenvalue weighted by Gasteiger charge is -2.47. The van der Waals surface area contributed by atoms with E-state index in [-0.39, 0.29) is 39.1 Å². The van der Waals surface area contributed by atoms with E-state index >= 15 is 0 Å². The van der Waals surface area contributed by atoms with Crippen LogP contribution in [0.3, 0.4) is 0 Å². The van der Waals surface area contributed by atoms with E-state index in [9.17, 15) is 25.2 Å². The highest BCUT2D eigenvalue weighted by Gasteiger charge is 2.49. The first-order valence-corrected chi connectivity index (χ1v) is 12.1. The number of nitrogens with two attached hydrogens (primary N) is 2. The average Bonchev–Trinajstić information content (AvgIpc) is 2.81. The van der Waals surface area contributed by atoms with Gasteiger partial charge in [-0.1, -0.05) is 0 Å². The van der Waals surface area contributed by atoms with Gasteiger partial charge in [-0.25, -0.2) is 0 Å². The second kappa shape index (κ2) is 12.9. The van der Waals surface area contributed by atoms with Crippen LogP contribution in [0, 0.1) is 0 Å². The number of aliphatic hydroxyl groups is 5. The number of carbonyl (C=O) groups is 1. The standard InChI is InChI=1S/C22H40N4O10/c1-22(32)5-16(30)21(33-9-22)36-19-15(26-10-28)4-14(24)18(17(19)31)35-20-13(23)3-2-12(34-20)7-25-6-11(29)8-27/h2,10-11,13-21,25,27,29-32H,3-9,23-24H2,1H3,(H,26,28)/t11?,13-,14+,15-,16-,17+,18?,19+,20-,21-,22-/m1/s1. The summed E-state index contributed by atoms with van der Waals surface area (Å²) in [6.07, 6.45) is -4.62. The van der Waals surface area contributed by atoms with Crippen molar-refractivity contribution in [2.24, 2.45) is 11.5 Å². The van der Waals surface area contributed by atoms with Crippen LogP contribution in [0.15, 0.2) is 11.8 Å². The lowest BCUT2D eigenvalue weighted by atomic mass is 9.83. The molecule has 14 nitrogen and oxygen atoms in total. The van der Waals surface area contributed by atoms with E-state index in [0.29, 0.717) is 18.6 Å². The number of carbonyl (C=O) groups excluding carboxylic acids is 1. The van der Waals surface area contributed by atoms with Crippen LogP contribution in [0.1, 0.15) is 26.2 Å². The number of aliphatic hydroxyl groups excluding tert-OH is 4. The SMILES string of the molecule is C[C@]1(O)CO[C@H](O[C@H]2[C@H](NC=O)C[C@H](N)C(O[C@H]3OC(CNCC(O)CO)=CC[C@H]3N)[C@@H]2O)[C@H](O)C1. The molecule has 2 aliphatic heterocycles. The molecule has 3 aliphatic rings. The Kier molecular flexibility index (Phi) is 10.4. The van der Waals surface area contributed by atoms with Gasteiger partial charge >= 0.3 is 0 Å². The molecule has 1 amide bonds. The molecule has 1 aliphatic carbocycles. The Morgan fingerprint density at radius 3 is 2.64 bits per heavy atom. The van der Waals surface area contributed by atoms with Gasteiger partial charge in [0.05, 0.1) is 43.5 Å². The zero-order valence-electron chi connectivity index (χ0n) is 20.3. The Hall–Kier alpha value is -1.43. The van der Waals surface area contributed by atoms with Gasteiger partial charge in [0.2, 0.25) is 12.7 Å². The molecule has 36 heavy (non-hydrogen) atoms. The molecule has 11 atom stereocenters. The lowest BCUT2D eigenvalue weighted by Crippen LogP contribution is -2.66. The third kappa shape index (κ3) is 7.55. The Bertz CT molecular complexity index is 744. The summed E-state index contributed by atoms with van der Waals surface area (Å²) in [4.78, 5) is 11.2. The van der Waals surface area contributed by atoms with Crippen molar-refractivity contribution in [2.45, 2.75) is 93.0 Å². The molecule has 1 saturated carbocycles. The monoisotopic (exact) mass is 520 g/mol. The second-order valence-corrected chi connectivity index (χ2v) is 9.95. The van der Waals surface area contributed by atoms with Crippen molar-refractivity contribution >= 4 is 6.41 Å². The van der Waals surface area contributed by atoms with Crippen molar-refractivity contribution in [3.63, 3.8) is 0 Å². The van der Waals surface area contributed by atoms with Crippen LogP contribution < -0.4 is 22.1 Å². The minimum atomic E-state index is -1.34. The Morgan fingerprint density at radius 2 is 1.97 bits per heavy atom. The molecule has 0 radical (unpaired) electrons. The fraction of sp³-hybridized carbons (Fsp3) is 0.864. The highest BCUT2D eigenvalue weighted by Crippen LogP contribution is 2.31. The van der Waals surface area contributed by atoms with Gasteiger partial charge in [-0.15, -0.1) is 0 Å². The van der Waals surface area contributed by atoms with Crippen LogP contribution in [0.25, 0.3) is 0 Å². The summed E-state index contributed by atoms with van der Waals surface area (Å²) in [5, 5.41) is 55.6. The van der Waals surface area contributed by atoms with Gasteiger partial charge in [-0.3, -0.25) is 4.79 Å². The average molecular weight is 521 g/mol. The summed E-state index contributed by atoms with van der Waals surface area (Å²) in [6.45, 7) is 1.51. The normalized spacial score (nSPS) is 42.2. The first-order chi connectivity index (χ1) is 17.0. The fourth-order valence-electron chi connectivity index (χ4n) is 4.60. The van der Waals surface area contributed by atoms with Crippen molar-refractivity contribution < 1.29 is 49.3 Å². The third-order valence-electron chi connectivity index (χ3n) is 6.53. The minimum absolute atomic E-state index is 0.00888. The summed E-state index contributed by atoms with van der Waals surface area (Å²) >= 11 is 0. The highest BCUT2D eigenvalue weighted by molar-refractivity contribution is 5.47. The van der Waals surface area contributed by atoms with Crippen LogP contribution in [0.4, 0.5) is 0 Å². The molecule has 11 N–H and O–H groups in total. The number of hydrogen-bond acceptors (Lipinski definition) is 13. The van der Waals surface area contributed by atoms with Crippen LogP contribution in [-0.2, 0) is 23.7 Å². The molecule has 3 rings (SSSR count). The summed E-state index contributed by atoms with van der Waals surface area (Å²) in [5.41, 5.74) is 11.2. The maximum atomic E-state index is 11.2. The van der Waals surface area contributed by atoms with E-state index in [4.69, 9.17) is 35.5 Å². The Labute approximate surface area is 209 Å². The summed E-state index contributed by atoms with van der Waals surface area (Å²) < 4.78 is 23.2. The highest BCUT2D eigenvalue weighted by atomic mass is 16.7. The molecular weight excluding hydrogens is 480 g/mol. The molecule has 1 saturated heterocycles. The van der Waals surface area contributed by atoms with Gasteiger partial charge in [0, 0.05) is 19.0 Å². The molecule has 0 aromatic heterocycles. The minimum Gasteiger partial charge on any atom is -0.467 e. The van der Waals surface area contributed by atoms with Crippen LogP contribution in [0.5, 0.6) is 0 Å². The first kappa shape index (κ1) is 29.1. The summed E-state index contributed by atoms with van der Waals surface area (Å²) in [7, 11) is 0. The van der Waals surface area contributed by atoms with Gasteiger partial charge in [0.25, 0.3) is 0 Å². The van der Waals surface area contributed by atoms with Gasteiger partial charge in [-0.05, 0) is 25.8 Å². The predicted molar refractivity (Wildman–Crippen MR) is 124 cm³/mol. The number of ether oxygens (including phenoxy) is 4. The predicted octanol–water partition coefficient (Wildman–Crippen LogP) is -4.28. The molecule has 14 heteroatoms. The summed E-state index contributed by atoms with van der Waals surface area (Å²) in [6, 6.07) is -1.95. The van der Waals surface area contributed by atoms with Crippen molar-refractivity contribution in [1.29, 1.82) is 0 Å². The molecule has 2 fully saturated rings. The quantitative estimate of drug-likeness (QED) is 0.118. The molecule has 0 aromatic rings. The maximum absolute atomic E-state index is 11.2. The zero-order valence-corrected chi connectivity index (χ0v) is 20.3. The van der Waals surface area contributed by atoms with Crippen molar-refractivity contribution in [2.75, 3.05) is 26.3 Å². The van der Waals surface area contributed by atoms with Crippen LogP contribution in [-0.4, -0.2) is 125 Å². The van der Waals surface area contributed by atoms with Crippen molar-refractivity contribution in [1.82, 2.24) is 10.6 Å². The summed E-state index contributed by atoms with van der Waals surface area (Å²) in [5.74, 6) is 0.518. The fourth-order valence-corrected chi connectivity index (χ4v) is 4.60. The first-order valence-electron chi connectivity index (χ1n) is 12.1. The number of rotatable bonds is 11. The lowest BCUT2D eigenvalue weighted by molar-refractivity contribution is -0.297. The molecule has 2 heterocycles. The Morgan fingerprint density at radius 1 is 1.25 bits per heavy atom. The molecule has 0 spiro atoms. The van der Waals surface area contributed by atoms with E-state index in [1.807, 2.05) is 0 Å². The number of hydrogen-bond donors (Lipinski definition) is 9. The maximum Gasteiger partial charge on any atom is 0.215 e. The Balaban J connectivity index is 1.65.